The van der Waals surface area contributed by atoms with Crippen molar-refractivity contribution in [2.75, 3.05) is 46.3 Å². The molecular weight excluding hydrogens is 372 g/mol. The van der Waals surface area contributed by atoms with Gasteiger partial charge in [-0.15, -0.1) is 0 Å². The molecule has 0 spiro atoms. The fraction of sp³-hybridized carbons (Fsp3) is 0.333. The largest absolute Gasteiger partial charge is 0.466 e. The van der Waals surface area contributed by atoms with Gasteiger partial charge in [-0.2, -0.15) is 0 Å². The van der Waals surface area contributed by atoms with Crippen LogP contribution in [0.3, 0.4) is 0 Å². The lowest BCUT2D eigenvalue weighted by molar-refractivity contribution is -0.136. The van der Waals surface area contributed by atoms with Gasteiger partial charge in [-0.1, -0.05) is 0 Å². The van der Waals surface area contributed by atoms with Crippen molar-refractivity contribution >= 4 is 29.5 Å². The minimum atomic E-state index is -0.736. The molecule has 10 nitrogen and oxygen atoms in total. The maximum atomic E-state index is 12.6. The van der Waals surface area contributed by atoms with Crippen LogP contribution in [-0.2, 0) is 23.8 Å². The molecule has 0 saturated heterocycles. The quantitative estimate of drug-likeness (QED) is 0.483. The number of anilines is 1. The summed E-state index contributed by atoms with van der Waals surface area (Å²) in [6.45, 7) is -0.353. The molecular formula is C18H20N2O8. The van der Waals surface area contributed by atoms with Crippen molar-refractivity contribution in [2.45, 2.75) is 0 Å². The summed E-state index contributed by atoms with van der Waals surface area (Å²) in [6, 6.07) is 4.01. The summed E-state index contributed by atoms with van der Waals surface area (Å²) in [5.74, 6) is -2.66. The van der Waals surface area contributed by atoms with Gasteiger partial charge >= 0.3 is 17.9 Å². The zero-order chi connectivity index (χ0) is 20.8. The van der Waals surface area contributed by atoms with E-state index in [-0.39, 0.29) is 47.8 Å². The predicted molar refractivity (Wildman–Crippen MR) is 95.5 cm³/mol. The number of esters is 3. The zero-order valence-corrected chi connectivity index (χ0v) is 15.6. The summed E-state index contributed by atoms with van der Waals surface area (Å²) in [4.78, 5) is 49.8. The van der Waals surface area contributed by atoms with Gasteiger partial charge in [0, 0.05) is 6.54 Å². The van der Waals surface area contributed by atoms with E-state index in [1.54, 1.807) is 0 Å². The standard InChI is InChI=1S/C18H20N2O8/c1-26-16(23)10-4-5-11(17(24)27-2)13(8-10)19-14-12(18(25)28-3)9-20(6-7-21)15(14)22/h4-5,8,19,21H,6-7,9H2,1-3H3. The molecule has 10 heteroatoms. The van der Waals surface area contributed by atoms with Crippen molar-refractivity contribution in [3.63, 3.8) is 0 Å². The van der Waals surface area contributed by atoms with Crippen molar-refractivity contribution < 1.29 is 38.5 Å². The Hall–Kier alpha value is -3.40. The number of amides is 1. The second kappa shape index (κ2) is 9.00. The average molecular weight is 392 g/mol. The zero-order valence-electron chi connectivity index (χ0n) is 15.6. The van der Waals surface area contributed by atoms with Crippen LogP contribution >= 0.6 is 0 Å². The van der Waals surface area contributed by atoms with Gasteiger partial charge in [-0.3, -0.25) is 4.79 Å². The minimum absolute atomic E-state index is 0.0105. The first-order valence-electron chi connectivity index (χ1n) is 8.17. The molecule has 1 aromatic rings. The minimum Gasteiger partial charge on any atom is -0.466 e. The smallest absolute Gasteiger partial charge is 0.339 e. The SMILES string of the molecule is COC(=O)C1=C(Nc2cc(C(=O)OC)ccc2C(=O)OC)C(=O)N(CCO)C1. The van der Waals surface area contributed by atoms with Gasteiger partial charge in [0.15, 0.2) is 0 Å². The second-order valence-electron chi connectivity index (χ2n) is 5.66. The number of benzene rings is 1. The number of methoxy groups -OCH3 is 3. The molecule has 0 atom stereocenters. The maximum Gasteiger partial charge on any atom is 0.339 e. The van der Waals surface area contributed by atoms with E-state index >= 15 is 0 Å². The Morgan fingerprint density at radius 2 is 1.71 bits per heavy atom. The van der Waals surface area contributed by atoms with Crippen LogP contribution in [0.25, 0.3) is 0 Å². The average Bonchev–Trinajstić information content (AvgIpc) is 3.02. The number of β-amino-alcohol motifs (C(OH)–C–C–N with tert-alkyl or cyclic N) is 1. The van der Waals surface area contributed by atoms with Gasteiger partial charge in [-0.05, 0) is 18.2 Å². The van der Waals surface area contributed by atoms with Crippen LogP contribution in [0.2, 0.25) is 0 Å². The second-order valence-corrected chi connectivity index (χ2v) is 5.66. The van der Waals surface area contributed by atoms with E-state index in [1.165, 1.54) is 44.4 Å². The van der Waals surface area contributed by atoms with Crippen LogP contribution in [0.5, 0.6) is 0 Å². The summed E-state index contributed by atoms with van der Waals surface area (Å²) in [6.07, 6.45) is 0. The van der Waals surface area contributed by atoms with Crippen LogP contribution < -0.4 is 5.32 Å². The summed E-state index contributed by atoms with van der Waals surface area (Å²) < 4.78 is 14.1. The van der Waals surface area contributed by atoms with Crippen LogP contribution in [0.15, 0.2) is 29.5 Å². The van der Waals surface area contributed by atoms with Gasteiger partial charge in [0.25, 0.3) is 5.91 Å². The maximum absolute atomic E-state index is 12.6. The number of carbonyl (C=O) groups is 4. The van der Waals surface area contributed by atoms with E-state index in [4.69, 9.17) is 14.6 Å². The first-order chi connectivity index (χ1) is 13.4. The van der Waals surface area contributed by atoms with Gasteiger partial charge in [0.05, 0.1) is 56.9 Å². The predicted octanol–water partition coefficient (Wildman–Crippen LogP) is -0.0667. The lowest BCUT2D eigenvalue weighted by atomic mass is 10.1. The van der Waals surface area contributed by atoms with Crippen molar-refractivity contribution in [3.05, 3.63) is 40.6 Å². The topological polar surface area (TPSA) is 131 Å². The Labute approximate surface area is 160 Å². The Balaban J connectivity index is 2.52. The van der Waals surface area contributed by atoms with E-state index in [0.717, 1.165) is 0 Å². The normalized spacial score (nSPS) is 13.4. The lowest BCUT2D eigenvalue weighted by Crippen LogP contribution is -2.31. The summed E-state index contributed by atoms with van der Waals surface area (Å²) in [5.41, 5.74) is 0.147. The van der Waals surface area contributed by atoms with E-state index in [9.17, 15) is 19.2 Å². The molecule has 150 valence electrons. The fourth-order valence-corrected chi connectivity index (χ4v) is 2.66. The number of aliphatic hydroxyl groups excluding tert-OH is 1. The molecule has 1 aliphatic heterocycles. The molecule has 0 radical (unpaired) electrons. The Morgan fingerprint density at radius 3 is 2.29 bits per heavy atom. The third-order valence-electron chi connectivity index (χ3n) is 4.06. The molecule has 1 aliphatic rings. The molecule has 0 unspecified atom stereocenters. The highest BCUT2D eigenvalue weighted by atomic mass is 16.5. The number of nitrogens with zero attached hydrogens (tertiary/aromatic N) is 1. The Bertz CT molecular complexity index is 846. The van der Waals surface area contributed by atoms with Crippen molar-refractivity contribution in [1.82, 2.24) is 4.90 Å². The van der Waals surface area contributed by atoms with Crippen LogP contribution in [0, 0.1) is 0 Å². The number of carbonyl (C=O) groups excluding carboxylic acids is 4. The number of aliphatic hydroxyl groups is 1. The molecule has 0 fully saturated rings. The van der Waals surface area contributed by atoms with Crippen LogP contribution in [-0.4, -0.2) is 74.8 Å². The highest BCUT2D eigenvalue weighted by Gasteiger charge is 2.35. The first-order valence-corrected chi connectivity index (χ1v) is 8.17. The Morgan fingerprint density at radius 1 is 1.07 bits per heavy atom. The molecule has 0 bridgehead atoms. The van der Waals surface area contributed by atoms with E-state index < -0.39 is 23.8 Å². The molecule has 0 aromatic heterocycles. The molecule has 0 saturated carbocycles. The number of rotatable bonds is 7. The van der Waals surface area contributed by atoms with Crippen LogP contribution in [0.1, 0.15) is 20.7 Å². The molecule has 2 N–H and O–H groups in total. The first kappa shape index (κ1) is 20.9. The highest BCUT2D eigenvalue weighted by molar-refractivity contribution is 6.10. The summed E-state index contributed by atoms with van der Waals surface area (Å²) in [5, 5.41) is 11.9. The molecule has 1 amide bonds. The summed E-state index contributed by atoms with van der Waals surface area (Å²) >= 11 is 0. The van der Waals surface area contributed by atoms with Gasteiger partial charge < -0.3 is 29.5 Å². The lowest BCUT2D eigenvalue weighted by Gasteiger charge is -2.16. The molecule has 1 heterocycles. The number of ether oxygens (including phenoxy) is 3. The van der Waals surface area contributed by atoms with Crippen molar-refractivity contribution in [3.8, 4) is 0 Å². The third kappa shape index (κ3) is 4.12. The number of hydrogen-bond donors (Lipinski definition) is 2. The number of hydrogen-bond acceptors (Lipinski definition) is 9. The van der Waals surface area contributed by atoms with E-state index in [2.05, 4.69) is 10.1 Å². The van der Waals surface area contributed by atoms with Crippen molar-refractivity contribution in [2.24, 2.45) is 0 Å². The summed E-state index contributed by atoms with van der Waals surface area (Å²) in [7, 11) is 3.56. The van der Waals surface area contributed by atoms with Crippen molar-refractivity contribution in [1.29, 1.82) is 0 Å². The highest BCUT2D eigenvalue weighted by Crippen LogP contribution is 2.26. The number of nitrogens with one attached hydrogen (secondary N) is 1. The molecule has 2 rings (SSSR count). The van der Waals surface area contributed by atoms with E-state index in [1.807, 2.05) is 0 Å². The Kier molecular flexibility index (Phi) is 6.72. The third-order valence-corrected chi connectivity index (χ3v) is 4.06. The molecule has 0 aliphatic carbocycles. The van der Waals surface area contributed by atoms with Gasteiger partial charge in [-0.25, -0.2) is 14.4 Å². The monoisotopic (exact) mass is 392 g/mol. The fourth-order valence-electron chi connectivity index (χ4n) is 2.66. The molecule has 28 heavy (non-hydrogen) atoms. The molecule has 1 aromatic carbocycles. The van der Waals surface area contributed by atoms with Crippen LogP contribution in [0.4, 0.5) is 5.69 Å². The van der Waals surface area contributed by atoms with Gasteiger partial charge in [0.1, 0.15) is 5.70 Å². The van der Waals surface area contributed by atoms with E-state index in [0.29, 0.717) is 0 Å². The van der Waals surface area contributed by atoms with Gasteiger partial charge in [0.2, 0.25) is 0 Å².